The molecule has 0 saturated heterocycles. The van der Waals surface area contributed by atoms with Gasteiger partial charge >= 0.3 is 0 Å². The van der Waals surface area contributed by atoms with Gasteiger partial charge in [0.25, 0.3) is 5.91 Å². The van der Waals surface area contributed by atoms with Crippen LogP contribution >= 0.6 is 27.3 Å². The minimum Gasteiger partial charge on any atom is -0.397 e. The van der Waals surface area contributed by atoms with Crippen LogP contribution < -0.4 is 11.1 Å². The predicted molar refractivity (Wildman–Crippen MR) is 89.3 cm³/mol. The third-order valence-corrected chi connectivity index (χ3v) is 4.75. The Kier molecular flexibility index (Phi) is 3.90. The standard InChI is InChI=1S/C15H12BrN3OS/c16-10-3-4-12-11(6-10)13(17)14(21-12)15(20)19-8-9-2-1-5-18-7-9/h1-7H,8,17H2,(H,19,20). The van der Waals surface area contributed by atoms with E-state index in [0.29, 0.717) is 17.1 Å². The molecular formula is C15H12BrN3OS. The molecule has 21 heavy (non-hydrogen) atoms. The molecule has 0 aliphatic rings. The van der Waals surface area contributed by atoms with Crippen LogP contribution in [0.5, 0.6) is 0 Å². The Balaban J connectivity index is 1.83. The summed E-state index contributed by atoms with van der Waals surface area (Å²) in [5.41, 5.74) is 7.57. The number of anilines is 1. The lowest BCUT2D eigenvalue weighted by molar-refractivity contribution is 0.0956. The molecule has 0 saturated carbocycles. The number of fused-ring (bicyclic) bond motifs is 1. The molecule has 3 aromatic rings. The average molecular weight is 362 g/mol. The summed E-state index contributed by atoms with van der Waals surface area (Å²) in [5, 5.41) is 3.78. The molecule has 3 rings (SSSR count). The molecule has 0 fully saturated rings. The number of amides is 1. The lowest BCUT2D eigenvalue weighted by Crippen LogP contribution is -2.22. The Morgan fingerprint density at radius 2 is 2.24 bits per heavy atom. The number of halogens is 1. The molecule has 106 valence electrons. The number of aromatic nitrogens is 1. The van der Waals surface area contributed by atoms with Crippen LogP contribution in [0.15, 0.2) is 47.2 Å². The number of carbonyl (C=O) groups excluding carboxylic acids is 1. The highest BCUT2D eigenvalue weighted by Gasteiger charge is 2.16. The molecule has 0 atom stereocenters. The smallest absolute Gasteiger partial charge is 0.263 e. The zero-order valence-corrected chi connectivity index (χ0v) is 13.4. The Morgan fingerprint density at radius 1 is 1.38 bits per heavy atom. The minimum atomic E-state index is -0.159. The topological polar surface area (TPSA) is 68.0 Å². The number of benzene rings is 1. The van der Waals surface area contributed by atoms with Gasteiger partial charge in [-0.3, -0.25) is 9.78 Å². The van der Waals surface area contributed by atoms with Crippen LogP contribution in [0.3, 0.4) is 0 Å². The van der Waals surface area contributed by atoms with Crippen molar-refractivity contribution in [2.75, 3.05) is 5.73 Å². The highest BCUT2D eigenvalue weighted by Crippen LogP contribution is 2.35. The molecule has 1 aromatic carbocycles. The Labute approximate surface area is 134 Å². The minimum absolute atomic E-state index is 0.159. The first-order valence-corrected chi connectivity index (χ1v) is 7.91. The average Bonchev–Trinajstić information content (AvgIpc) is 2.83. The van der Waals surface area contributed by atoms with Crippen molar-refractivity contribution in [2.45, 2.75) is 6.54 Å². The van der Waals surface area contributed by atoms with Gasteiger partial charge in [-0.2, -0.15) is 0 Å². The number of pyridine rings is 1. The lowest BCUT2D eigenvalue weighted by atomic mass is 10.2. The fourth-order valence-electron chi connectivity index (χ4n) is 2.02. The predicted octanol–water partition coefficient (Wildman–Crippen LogP) is 3.57. The molecule has 2 heterocycles. The van der Waals surface area contributed by atoms with E-state index in [0.717, 1.165) is 20.1 Å². The molecule has 0 aliphatic carbocycles. The molecule has 3 N–H and O–H groups in total. The van der Waals surface area contributed by atoms with E-state index in [1.807, 2.05) is 30.3 Å². The van der Waals surface area contributed by atoms with E-state index in [1.54, 1.807) is 12.4 Å². The van der Waals surface area contributed by atoms with Gasteiger partial charge in [0.05, 0.1) is 5.69 Å². The number of nitrogens with two attached hydrogens (primary N) is 1. The Bertz CT molecular complexity index is 801. The van der Waals surface area contributed by atoms with Crippen molar-refractivity contribution in [3.05, 3.63) is 57.6 Å². The van der Waals surface area contributed by atoms with Crippen molar-refractivity contribution >= 4 is 48.9 Å². The molecule has 0 aliphatic heterocycles. The third-order valence-electron chi connectivity index (χ3n) is 3.07. The highest BCUT2D eigenvalue weighted by molar-refractivity contribution is 9.10. The lowest BCUT2D eigenvalue weighted by Gasteiger charge is -2.04. The van der Waals surface area contributed by atoms with Crippen LogP contribution in [-0.2, 0) is 6.54 Å². The molecule has 0 bridgehead atoms. The second kappa shape index (κ2) is 5.83. The van der Waals surface area contributed by atoms with Crippen LogP contribution in [0.2, 0.25) is 0 Å². The first kappa shape index (κ1) is 14.0. The summed E-state index contributed by atoms with van der Waals surface area (Å²) in [4.78, 5) is 16.8. The maximum Gasteiger partial charge on any atom is 0.263 e. The van der Waals surface area contributed by atoms with Gasteiger partial charge < -0.3 is 11.1 Å². The van der Waals surface area contributed by atoms with Gasteiger partial charge in [0.2, 0.25) is 0 Å². The summed E-state index contributed by atoms with van der Waals surface area (Å²) in [7, 11) is 0. The SMILES string of the molecule is Nc1c(C(=O)NCc2cccnc2)sc2ccc(Br)cc12. The number of nitrogens with one attached hydrogen (secondary N) is 1. The van der Waals surface area contributed by atoms with Gasteiger partial charge in [-0.05, 0) is 29.8 Å². The largest absolute Gasteiger partial charge is 0.397 e. The summed E-state index contributed by atoms with van der Waals surface area (Å²) in [5.74, 6) is -0.159. The van der Waals surface area contributed by atoms with Gasteiger partial charge in [-0.25, -0.2) is 0 Å². The zero-order chi connectivity index (χ0) is 14.8. The molecule has 2 aromatic heterocycles. The molecule has 6 heteroatoms. The van der Waals surface area contributed by atoms with Gasteiger partial charge in [-0.15, -0.1) is 11.3 Å². The fraction of sp³-hybridized carbons (Fsp3) is 0.0667. The third kappa shape index (κ3) is 2.91. The number of nitrogens with zero attached hydrogens (tertiary/aromatic N) is 1. The Morgan fingerprint density at radius 3 is 3.00 bits per heavy atom. The number of carbonyl (C=O) groups is 1. The summed E-state index contributed by atoms with van der Waals surface area (Å²) in [6.45, 7) is 0.435. The van der Waals surface area contributed by atoms with Crippen molar-refractivity contribution in [2.24, 2.45) is 0 Å². The van der Waals surface area contributed by atoms with Gasteiger partial charge in [0, 0.05) is 33.5 Å². The highest BCUT2D eigenvalue weighted by atomic mass is 79.9. The van der Waals surface area contributed by atoms with Crippen molar-refractivity contribution in [1.82, 2.24) is 10.3 Å². The summed E-state index contributed by atoms with van der Waals surface area (Å²) >= 11 is 4.82. The Hall–Kier alpha value is -1.92. The number of rotatable bonds is 3. The second-order valence-corrected chi connectivity index (χ2v) is 6.50. The van der Waals surface area contributed by atoms with E-state index in [-0.39, 0.29) is 5.91 Å². The van der Waals surface area contributed by atoms with Crippen LogP contribution in [0.25, 0.3) is 10.1 Å². The number of hydrogen-bond donors (Lipinski definition) is 2. The number of thiophene rings is 1. The molecule has 0 radical (unpaired) electrons. The van der Waals surface area contributed by atoms with Crippen LogP contribution in [-0.4, -0.2) is 10.9 Å². The van der Waals surface area contributed by atoms with E-state index in [9.17, 15) is 4.79 Å². The van der Waals surface area contributed by atoms with E-state index in [1.165, 1.54) is 11.3 Å². The first-order chi connectivity index (χ1) is 10.1. The first-order valence-electron chi connectivity index (χ1n) is 6.30. The summed E-state index contributed by atoms with van der Waals surface area (Å²) in [6.07, 6.45) is 3.43. The molecule has 0 unspecified atom stereocenters. The zero-order valence-electron chi connectivity index (χ0n) is 11.0. The normalized spacial score (nSPS) is 10.7. The maximum absolute atomic E-state index is 12.3. The summed E-state index contributed by atoms with van der Waals surface area (Å²) in [6, 6.07) is 9.58. The van der Waals surface area contributed by atoms with E-state index in [2.05, 4.69) is 26.2 Å². The van der Waals surface area contributed by atoms with Crippen molar-refractivity contribution in [3.8, 4) is 0 Å². The van der Waals surface area contributed by atoms with Crippen molar-refractivity contribution in [3.63, 3.8) is 0 Å². The molecule has 1 amide bonds. The van der Waals surface area contributed by atoms with Crippen molar-refractivity contribution < 1.29 is 4.79 Å². The van der Waals surface area contributed by atoms with Gasteiger partial charge in [0.1, 0.15) is 4.88 Å². The fourth-order valence-corrected chi connectivity index (χ4v) is 3.40. The number of nitrogen functional groups attached to an aromatic ring is 1. The van der Waals surface area contributed by atoms with Crippen LogP contribution in [0.1, 0.15) is 15.2 Å². The molecule has 0 spiro atoms. The monoisotopic (exact) mass is 361 g/mol. The van der Waals surface area contributed by atoms with E-state index < -0.39 is 0 Å². The number of hydrogen-bond acceptors (Lipinski definition) is 4. The van der Waals surface area contributed by atoms with Crippen molar-refractivity contribution in [1.29, 1.82) is 0 Å². The molecule has 4 nitrogen and oxygen atoms in total. The maximum atomic E-state index is 12.3. The van der Waals surface area contributed by atoms with Crippen LogP contribution in [0, 0.1) is 0 Å². The summed E-state index contributed by atoms with van der Waals surface area (Å²) < 4.78 is 1.95. The van der Waals surface area contributed by atoms with Gasteiger partial charge in [-0.1, -0.05) is 22.0 Å². The second-order valence-electron chi connectivity index (χ2n) is 4.53. The van der Waals surface area contributed by atoms with E-state index in [4.69, 9.17) is 5.73 Å². The van der Waals surface area contributed by atoms with Crippen LogP contribution in [0.4, 0.5) is 5.69 Å². The molecular weight excluding hydrogens is 350 g/mol. The quantitative estimate of drug-likeness (QED) is 0.749. The van der Waals surface area contributed by atoms with Gasteiger partial charge in [0.15, 0.2) is 0 Å². The van der Waals surface area contributed by atoms with E-state index >= 15 is 0 Å².